The quantitative estimate of drug-likeness (QED) is 0.669. The van der Waals surface area contributed by atoms with Gasteiger partial charge >= 0.3 is 0 Å². The Balaban J connectivity index is 1.93. The van der Waals surface area contributed by atoms with Crippen LogP contribution in [0.2, 0.25) is 0 Å². The van der Waals surface area contributed by atoms with Crippen LogP contribution >= 0.6 is 0 Å². The first-order valence-electron chi connectivity index (χ1n) is 7.78. The average molecular weight is 314 g/mol. The number of piperidine rings is 1. The topological polar surface area (TPSA) is 58.6 Å². The standard InChI is InChI=1S/C18H22N2O3/c1-3-11-23-13-15-5-4-10-20(12-15)18(22)16-6-8-17(9-7-16)19-14(2)21/h1,6-9,15H,4-5,10-13H2,2H3,(H,19,21). The molecule has 0 aliphatic carbocycles. The van der Waals surface area contributed by atoms with Gasteiger partial charge in [0.2, 0.25) is 5.91 Å². The Labute approximate surface area is 137 Å². The van der Waals surface area contributed by atoms with E-state index in [0.717, 1.165) is 19.4 Å². The molecule has 2 rings (SSSR count). The first kappa shape index (κ1) is 17.0. The van der Waals surface area contributed by atoms with Crippen molar-refractivity contribution in [3.8, 4) is 12.3 Å². The van der Waals surface area contributed by atoms with Crippen molar-refractivity contribution in [1.82, 2.24) is 4.90 Å². The van der Waals surface area contributed by atoms with E-state index in [9.17, 15) is 9.59 Å². The Kier molecular flexibility index (Phi) is 6.19. The second-order valence-electron chi connectivity index (χ2n) is 5.74. The molecular weight excluding hydrogens is 292 g/mol. The van der Waals surface area contributed by atoms with Crippen LogP contribution in [0.5, 0.6) is 0 Å². The van der Waals surface area contributed by atoms with Gasteiger partial charge in [0.05, 0.1) is 6.61 Å². The van der Waals surface area contributed by atoms with Crippen molar-refractivity contribution in [3.05, 3.63) is 29.8 Å². The lowest BCUT2D eigenvalue weighted by Crippen LogP contribution is -2.41. The lowest BCUT2D eigenvalue weighted by atomic mass is 9.98. The molecular formula is C18H22N2O3. The summed E-state index contributed by atoms with van der Waals surface area (Å²) in [6.45, 7) is 3.81. The molecule has 1 heterocycles. The third-order valence-electron chi connectivity index (χ3n) is 3.80. The number of terminal acetylenes is 1. The zero-order chi connectivity index (χ0) is 16.7. The lowest BCUT2D eigenvalue weighted by molar-refractivity contribution is -0.114. The summed E-state index contributed by atoms with van der Waals surface area (Å²) in [7, 11) is 0. The number of benzene rings is 1. The summed E-state index contributed by atoms with van der Waals surface area (Å²) in [5, 5.41) is 2.69. The highest BCUT2D eigenvalue weighted by Crippen LogP contribution is 2.20. The van der Waals surface area contributed by atoms with Crippen molar-refractivity contribution in [1.29, 1.82) is 0 Å². The monoisotopic (exact) mass is 314 g/mol. The van der Waals surface area contributed by atoms with Gasteiger partial charge in [-0.05, 0) is 37.1 Å². The Hall–Kier alpha value is -2.32. The number of likely N-dealkylation sites (tertiary alicyclic amines) is 1. The van der Waals surface area contributed by atoms with Crippen molar-refractivity contribution in [3.63, 3.8) is 0 Å². The zero-order valence-corrected chi connectivity index (χ0v) is 13.4. The summed E-state index contributed by atoms with van der Waals surface area (Å²) in [4.78, 5) is 25.4. The first-order chi connectivity index (χ1) is 11.1. The summed E-state index contributed by atoms with van der Waals surface area (Å²) in [5.41, 5.74) is 1.32. The molecule has 5 nitrogen and oxygen atoms in total. The van der Waals surface area contributed by atoms with Crippen LogP contribution in [0.3, 0.4) is 0 Å². The van der Waals surface area contributed by atoms with Gasteiger partial charge in [-0.3, -0.25) is 9.59 Å². The van der Waals surface area contributed by atoms with Gasteiger partial charge in [0.1, 0.15) is 6.61 Å². The van der Waals surface area contributed by atoms with Gasteiger partial charge in [0.25, 0.3) is 5.91 Å². The molecule has 0 bridgehead atoms. The van der Waals surface area contributed by atoms with Gasteiger partial charge in [-0.1, -0.05) is 5.92 Å². The Morgan fingerprint density at radius 3 is 2.78 bits per heavy atom. The highest BCUT2D eigenvalue weighted by molar-refractivity contribution is 5.95. The molecule has 1 aliphatic heterocycles. The highest BCUT2D eigenvalue weighted by atomic mass is 16.5. The molecule has 5 heteroatoms. The first-order valence-corrected chi connectivity index (χ1v) is 7.78. The Bertz CT molecular complexity index is 589. The fourth-order valence-electron chi connectivity index (χ4n) is 2.75. The van der Waals surface area contributed by atoms with Gasteiger partial charge in [-0.15, -0.1) is 6.42 Å². The summed E-state index contributed by atoms with van der Waals surface area (Å²) >= 11 is 0. The molecule has 23 heavy (non-hydrogen) atoms. The summed E-state index contributed by atoms with van der Waals surface area (Å²) < 4.78 is 5.39. The molecule has 1 saturated heterocycles. The number of nitrogens with one attached hydrogen (secondary N) is 1. The predicted octanol–water partition coefficient (Wildman–Crippen LogP) is 2.15. The van der Waals surface area contributed by atoms with E-state index in [2.05, 4.69) is 11.2 Å². The third kappa shape index (κ3) is 5.11. The maximum absolute atomic E-state index is 12.6. The van der Waals surface area contributed by atoms with E-state index >= 15 is 0 Å². The van der Waals surface area contributed by atoms with E-state index < -0.39 is 0 Å². The number of carbonyl (C=O) groups excluding carboxylic acids is 2. The molecule has 1 aromatic rings. The summed E-state index contributed by atoms with van der Waals surface area (Å²) in [6.07, 6.45) is 7.20. The number of hydrogen-bond donors (Lipinski definition) is 1. The number of anilines is 1. The van der Waals surface area contributed by atoms with E-state index in [4.69, 9.17) is 11.2 Å². The number of carbonyl (C=O) groups is 2. The predicted molar refractivity (Wildman–Crippen MR) is 89.0 cm³/mol. The van der Waals surface area contributed by atoms with Crippen LogP contribution in [0, 0.1) is 18.3 Å². The van der Waals surface area contributed by atoms with E-state index in [1.807, 2.05) is 4.90 Å². The summed E-state index contributed by atoms with van der Waals surface area (Å²) in [6, 6.07) is 6.97. The number of ether oxygens (including phenoxy) is 1. The largest absolute Gasteiger partial charge is 0.368 e. The number of nitrogens with zero attached hydrogens (tertiary/aromatic N) is 1. The Morgan fingerprint density at radius 1 is 1.39 bits per heavy atom. The second kappa shape index (κ2) is 8.35. The minimum Gasteiger partial charge on any atom is -0.368 e. The van der Waals surface area contributed by atoms with Crippen molar-refractivity contribution in [2.75, 3.05) is 31.6 Å². The minimum atomic E-state index is -0.130. The molecule has 2 amide bonds. The van der Waals surface area contributed by atoms with Crippen molar-refractivity contribution in [2.45, 2.75) is 19.8 Å². The van der Waals surface area contributed by atoms with E-state index in [1.54, 1.807) is 24.3 Å². The fourth-order valence-corrected chi connectivity index (χ4v) is 2.75. The highest BCUT2D eigenvalue weighted by Gasteiger charge is 2.24. The van der Waals surface area contributed by atoms with Crippen LogP contribution in [-0.2, 0) is 9.53 Å². The van der Waals surface area contributed by atoms with Crippen LogP contribution in [0.4, 0.5) is 5.69 Å². The average Bonchev–Trinajstić information content (AvgIpc) is 2.55. The second-order valence-corrected chi connectivity index (χ2v) is 5.74. The van der Waals surface area contributed by atoms with Crippen LogP contribution in [0.15, 0.2) is 24.3 Å². The van der Waals surface area contributed by atoms with E-state index in [0.29, 0.717) is 36.9 Å². The van der Waals surface area contributed by atoms with Crippen LogP contribution < -0.4 is 5.32 Å². The number of hydrogen-bond acceptors (Lipinski definition) is 3. The van der Waals surface area contributed by atoms with Gasteiger partial charge in [0.15, 0.2) is 0 Å². The normalized spacial score (nSPS) is 17.4. The molecule has 122 valence electrons. The third-order valence-corrected chi connectivity index (χ3v) is 3.80. The van der Waals surface area contributed by atoms with Crippen LogP contribution in [-0.4, -0.2) is 43.0 Å². The Morgan fingerprint density at radius 2 is 2.13 bits per heavy atom. The lowest BCUT2D eigenvalue weighted by Gasteiger charge is -2.32. The molecule has 1 fully saturated rings. The van der Waals surface area contributed by atoms with Crippen molar-refractivity contribution in [2.24, 2.45) is 5.92 Å². The molecule has 1 unspecified atom stereocenters. The minimum absolute atomic E-state index is 0.0148. The molecule has 0 spiro atoms. The molecule has 1 aliphatic rings. The van der Waals surface area contributed by atoms with E-state index in [1.165, 1.54) is 6.92 Å². The van der Waals surface area contributed by atoms with Gasteiger partial charge in [0, 0.05) is 37.2 Å². The maximum atomic E-state index is 12.6. The van der Waals surface area contributed by atoms with Crippen molar-refractivity contribution < 1.29 is 14.3 Å². The van der Waals surface area contributed by atoms with Gasteiger partial charge in [-0.25, -0.2) is 0 Å². The fraction of sp³-hybridized carbons (Fsp3) is 0.444. The molecule has 1 N–H and O–H groups in total. The van der Waals surface area contributed by atoms with Crippen LogP contribution in [0.1, 0.15) is 30.1 Å². The smallest absolute Gasteiger partial charge is 0.253 e. The maximum Gasteiger partial charge on any atom is 0.253 e. The SMILES string of the molecule is C#CCOCC1CCCN(C(=O)c2ccc(NC(C)=O)cc2)C1. The van der Waals surface area contributed by atoms with E-state index in [-0.39, 0.29) is 11.8 Å². The molecule has 1 aromatic carbocycles. The molecule has 0 saturated carbocycles. The van der Waals surface area contributed by atoms with Gasteiger partial charge < -0.3 is 15.0 Å². The van der Waals surface area contributed by atoms with Crippen LogP contribution in [0.25, 0.3) is 0 Å². The van der Waals surface area contributed by atoms with Gasteiger partial charge in [-0.2, -0.15) is 0 Å². The molecule has 0 aromatic heterocycles. The zero-order valence-electron chi connectivity index (χ0n) is 13.4. The number of rotatable bonds is 5. The van der Waals surface area contributed by atoms with Crippen molar-refractivity contribution >= 4 is 17.5 Å². The molecule has 0 radical (unpaired) electrons. The molecule has 1 atom stereocenters. The summed E-state index contributed by atoms with van der Waals surface area (Å²) in [5.74, 6) is 2.67. The number of amides is 2.